The predicted molar refractivity (Wildman–Crippen MR) is 70.4 cm³/mol. The Bertz CT molecular complexity index is 365. The largest absolute Gasteiger partial charge is 0.365 e. The minimum absolute atomic E-state index is 0.964. The van der Waals surface area contributed by atoms with Gasteiger partial charge in [-0.25, -0.2) is 0 Å². The number of hydrogen-bond acceptors (Lipinski definition) is 3. The summed E-state index contributed by atoms with van der Waals surface area (Å²) in [5, 5.41) is 4.39. The van der Waals surface area contributed by atoms with Gasteiger partial charge in [-0.15, -0.1) is 0 Å². The highest BCUT2D eigenvalue weighted by molar-refractivity contribution is 9.10. The average Bonchev–Trinajstić information content (AvgIpc) is 2.29. The fourth-order valence-electron chi connectivity index (χ4n) is 1.37. The molecule has 1 heterocycles. The smallest absolute Gasteiger partial charge is 0.156 e. The topological polar surface area (TPSA) is 24.4 Å². The van der Waals surface area contributed by atoms with Gasteiger partial charge in [-0.1, -0.05) is 45.9 Å². The van der Waals surface area contributed by atoms with Crippen molar-refractivity contribution in [2.45, 2.75) is 12.2 Å². The highest BCUT2D eigenvalue weighted by Crippen LogP contribution is 2.21. The fraction of sp³-hybridized carbons (Fsp3) is 0.364. The molecule has 0 amide bonds. The first kappa shape index (κ1) is 11.0. The standard InChI is InChI=1S/C11H13BrN2S/c12-10-5-2-1-4-9(10)8-15-11-13-6-3-7-14-11/h1-2,4-5H,3,6-8H2,(H,13,14). The van der Waals surface area contributed by atoms with E-state index in [0.717, 1.165) is 30.4 Å². The summed E-state index contributed by atoms with van der Waals surface area (Å²) in [6.45, 7) is 2.02. The molecule has 15 heavy (non-hydrogen) atoms. The van der Waals surface area contributed by atoms with E-state index >= 15 is 0 Å². The lowest BCUT2D eigenvalue weighted by Crippen LogP contribution is -2.26. The van der Waals surface area contributed by atoms with Crippen LogP contribution in [0, 0.1) is 0 Å². The van der Waals surface area contributed by atoms with E-state index in [9.17, 15) is 0 Å². The molecule has 4 heteroatoms. The summed E-state index contributed by atoms with van der Waals surface area (Å²) in [5.74, 6) is 0.966. The van der Waals surface area contributed by atoms with Gasteiger partial charge in [0, 0.05) is 23.3 Å². The number of aliphatic imine (C=N–C) groups is 1. The van der Waals surface area contributed by atoms with Gasteiger partial charge in [0.05, 0.1) is 0 Å². The second-order valence-corrected chi connectivity index (χ2v) is 5.17. The van der Waals surface area contributed by atoms with E-state index in [-0.39, 0.29) is 0 Å². The van der Waals surface area contributed by atoms with Gasteiger partial charge >= 0.3 is 0 Å². The van der Waals surface area contributed by atoms with Crippen LogP contribution in [0.3, 0.4) is 0 Å². The molecular weight excluding hydrogens is 272 g/mol. The minimum atomic E-state index is 0.964. The Kier molecular flexibility index (Phi) is 4.09. The molecule has 0 saturated carbocycles. The van der Waals surface area contributed by atoms with Crippen molar-refractivity contribution < 1.29 is 0 Å². The molecule has 1 N–H and O–H groups in total. The first-order valence-corrected chi connectivity index (χ1v) is 6.78. The highest BCUT2D eigenvalue weighted by Gasteiger charge is 2.05. The maximum atomic E-state index is 4.43. The molecule has 1 aliphatic heterocycles. The van der Waals surface area contributed by atoms with E-state index in [1.54, 1.807) is 11.8 Å². The van der Waals surface area contributed by atoms with E-state index in [1.165, 1.54) is 10.0 Å². The maximum Gasteiger partial charge on any atom is 0.156 e. The predicted octanol–water partition coefficient (Wildman–Crippen LogP) is 3.03. The van der Waals surface area contributed by atoms with Crippen LogP contribution in [0.15, 0.2) is 33.7 Å². The summed E-state index contributed by atoms with van der Waals surface area (Å²) in [7, 11) is 0. The lowest BCUT2D eigenvalue weighted by atomic mass is 10.2. The van der Waals surface area contributed by atoms with Crippen LogP contribution < -0.4 is 5.32 Å². The second kappa shape index (κ2) is 5.56. The van der Waals surface area contributed by atoms with Gasteiger partial charge in [0.25, 0.3) is 0 Å². The van der Waals surface area contributed by atoms with Crippen LogP contribution in [0.2, 0.25) is 0 Å². The molecule has 1 aromatic carbocycles. The third kappa shape index (κ3) is 3.24. The third-order valence-corrected chi connectivity index (χ3v) is 3.96. The summed E-state index contributed by atoms with van der Waals surface area (Å²) >= 11 is 5.32. The minimum Gasteiger partial charge on any atom is -0.365 e. The Hall–Kier alpha value is -0.480. The molecule has 1 aromatic rings. The monoisotopic (exact) mass is 284 g/mol. The summed E-state index contributed by atoms with van der Waals surface area (Å²) in [4.78, 5) is 4.43. The Labute approximate surface area is 103 Å². The summed E-state index contributed by atoms with van der Waals surface area (Å²) < 4.78 is 1.17. The van der Waals surface area contributed by atoms with E-state index < -0.39 is 0 Å². The van der Waals surface area contributed by atoms with Gasteiger partial charge in [-0.05, 0) is 18.1 Å². The summed E-state index contributed by atoms with van der Waals surface area (Å²) in [6, 6.07) is 8.32. The number of amidine groups is 1. The van der Waals surface area contributed by atoms with Crippen molar-refractivity contribution in [3.8, 4) is 0 Å². The lowest BCUT2D eigenvalue weighted by Gasteiger charge is -2.13. The normalized spacial score (nSPS) is 15.7. The summed E-state index contributed by atoms with van der Waals surface area (Å²) in [5.41, 5.74) is 1.32. The van der Waals surface area contributed by atoms with Crippen LogP contribution in [0.4, 0.5) is 0 Å². The first-order chi connectivity index (χ1) is 7.36. The highest BCUT2D eigenvalue weighted by atomic mass is 79.9. The molecule has 0 saturated heterocycles. The van der Waals surface area contributed by atoms with Crippen LogP contribution in [-0.4, -0.2) is 18.3 Å². The van der Waals surface area contributed by atoms with Crippen molar-refractivity contribution in [1.29, 1.82) is 0 Å². The zero-order valence-electron chi connectivity index (χ0n) is 8.37. The quantitative estimate of drug-likeness (QED) is 0.903. The van der Waals surface area contributed by atoms with Crippen LogP contribution in [0.1, 0.15) is 12.0 Å². The van der Waals surface area contributed by atoms with Gasteiger partial charge in [0.15, 0.2) is 5.17 Å². The second-order valence-electron chi connectivity index (χ2n) is 3.35. The molecule has 0 aromatic heterocycles. The van der Waals surface area contributed by atoms with Crippen molar-refractivity contribution in [2.24, 2.45) is 4.99 Å². The average molecular weight is 285 g/mol. The van der Waals surface area contributed by atoms with Crippen molar-refractivity contribution in [3.05, 3.63) is 34.3 Å². The van der Waals surface area contributed by atoms with Crippen LogP contribution >= 0.6 is 27.7 Å². The Morgan fingerprint density at radius 1 is 1.40 bits per heavy atom. The SMILES string of the molecule is Brc1ccccc1CSC1=NCCCN1. The number of halogens is 1. The summed E-state index contributed by atoms with van der Waals surface area (Å²) in [6.07, 6.45) is 1.15. The van der Waals surface area contributed by atoms with Gasteiger partial charge in [-0.2, -0.15) is 0 Å². The Balaban J connectivity index is 1.93. The molecule has 0 radical (unpaired) electrons. The molecule has 0 fully saturated rings. The molecule has 2 rings (SSSR count). The molecule has 0 atom stereocenters. The van der Waals surface area contributed by atoms with Crippen LogP contribution in [0.5, 0.6) is 0 Å². The van der Waals surface area contributed by atoms with Crippen molar-refractivity contribution in [3.63, 3.8) is 0 Å². The lowest BCUT2D eigenvalue weighted by molar-refractivity contribution is 0.751. The molecule has 0 spiro atoms. The van der Waals surface area contributed by atoms with Gasteiger partial charge in [-0.3, -0.25) is 4.99 Å². The number of benzene rings is 1. The van der Waals surface area contributed by atoms with Gasteiger partial charge in [0.2, 0.25) is 0 Å². The molecule has 0 unspecified atom stereocenters. The molecular formula is C11H13BrN2S. The number of nitrogens with zero attached hydrogens (tertiary/aromatic N) is 1. The number of hydrogen-bond donors (Lipinski definition) is 1. The molecule has 2 nitrogen and oxygen atoms in total. The fourth-order valence-corrected chi connectivity index (χ4v) is 2.91. The van der Waals surface area contributed by atoms with E-state index in [2.05, 4.69) is 44.4 Å². The van der Waals surface area contributed by atoms with Crippen LogP contribution in [-0.2, 0) is 5.75 Å². The molecule has 1 aliphatic rings. The van der Waals surface area contributed by atoms with Crippen molar-refractivity contribution >= 4 is 32.9 Å². The van der Waals surface area contributed by atoms with E-state index in [4.69, 9.17) is 0 Å². The van der Waals surface area contributed by atoms with Crippen molar-refractivity contribution in [2.75, 3.05) is 13.1 Å². The molecule has 0 bridgehead atoms. The maximum absolute atomic E-state index is 4.43. The Morgan fingerprint density at radius 3 is 3.00 bits per heavy atom. The number of rotatable bonds is 2. The van der Waals surface area contributed by atoms with Crippen molar-refractivity contribution in [1.82, 2.24) is 5.32 Å². The van der Waals surface area contributed by atoms with E-state index in [0.29, 0.717) is 0 Å². The van der Waals surface area contributed by atoms with Gasteiger partial charge in [0.1, 0.15) is 0 Å². The zero-order valence-corrected chi connectivity index (χ0v) is 10.8. The third-order valence-electron chi connectivity index (χ3n) is 2.19. The Morgan fingerprint density at radius 2 is 2.27 bits per heavy atom. The van der Waals surface area contributed by atoms with E-state index in [1.807, 2.05) is 6.07 Å². The first-order valence-electron chi connectivity index (χ1n) is 5.01. The zero-order chi connectivity index (χ0) is 10.5. The number of nitrogens with one attached hydrogen (secondary N) is 1. The molecule has 0 aliphatic carbocycles. The van der Waals surface area contributed by atoms with Crippen LogP contribution in [0.25, 0.3) is 0 Å². The molecule has 80 valence electrons. The number of thioether (sulfide) groups is 1. The van der Waals surface area contributed by atoms with Gasteiger partial charge < -0.3 is 5.32 Å².